The summed E-state index contributed by atoms with van der Waals surface area (Å²) in [6, 6.07) is 19.8. The number of hydrogen-bond acceptors (Lipinski definition) is 5. The largest absolute Gasteiger partial charge is 0.488 e. The van der Waals surface area contributed by atoms with Crippen molar-refractivity contribution in [2.75, 3.05) is 25.1 Å². The number of aldehydes is 1. The maximum absolute atomic E-state index is 10.9. The van der Waals surface area contributed by atoms with Crippen LogP contribution in [0, 0.1) is 0 Å². The Labute approximate surface area is 169 Å². The van der Waals surface area contributed by atoms with E-state index in [4.69, 9.17) is 4.74 Å². The summed E-state index contributed by atoms with van der Waals surface area (Å²) < 4.78 is 6.11. The molecule has 1 aromatic heterocycles. The number of hydrogen-bond donors (Lipinski definition) is 1. The van der Waals surface area contributed by atoms with Crippen LogP contribution in [-0.4, -0.2) is 31.6 Å². The fourth-order valence-electron chi connectivity index (χ4n) is 2.73. The molecule has 0 aliphatic rings. The third-order valence-corrected chi connectivity index (χ3v) is 5.28. The molecule has 1 N–H and O–H groups in total. The quantitative estimate of drug-likeness (QED) is 0.534. The first-order valence-electron chi connectivity index (χ1n) is 9.05. The zero-order valence-electron chi connectivity index (χ0n) is 15.7. The Kier molecular flexibility index (Phi) is 7.00. The molecule has 1 heterocycles. The van der Waals surface area contributed by atoms with Crippen LogP contribution in [0.3, 0.4) is 0 Å². The van der Waals surface area contributed by atoms with Crippen molar-refractivity contribution in [3.63, 3.8) is 0 Å². The third kappa shape index (κ3) is 5.31. The number of benzene rings is 2. The Balaban J connectivity index is 1.84. The van der Waals surface area contributed by atoms with Gasteiger partial charge in [0.05, 0.1) is 11.5 Å². The van der Waals surface area contributed by atoms with Gasteiger partial charge >= 0.3 is 0 Å². The second kappa shape index (κ2) is 9.88. The van der Waals surface area contributed by atoms with E-state index < -0.39 is 0 Å². The van der Waals surface area contributed by atoms with Crippen LogP contribution in [0.15, 0.2) is 60.7 Å². The van der Waals surface area contributed by atoms with Gasteiger partial charge in [-0.05, 0) is 42.0 Å². The lowest BCUT2D eigenvalue weighted by molar-refractivity contribution is 0.112. The number of likely N-dealkylation sites (N-methyl/N-ethyl adjacent to an activating group) is 1. The molecule has 0 saturated carbocycles. The van der Waals surface area contributed by atoms with E-state index in [0.717, 1.165) is 33.7 Å². The number of anilines is 1. The van der Waals surface area contributed by atoms with E-state index in [9.17, 15) is 9.90 Å². The summed E-state index contributed by atoms with van der Waals surface area (Å²) in [7, 11) is 1.94. The van der Waals surface area contributed by atoms with Crippen LogP contribution in [-0.2, 0) is 6.61 Å². The highest BCUT2D eigenvalue weighted by atomic mass is 32.1. The van der Waals surface area contributed by atoms with Gasteiger partial charge < -0.3 is 14.7 Å². The first-order valence-corrected chi connectivity index (χ1v) is 9.87. The third-order valence-electron chi connectivity index (χ3n) is 4.30. The molecule has 0 aliphatic carbocycles. The van der Waals surface area contributed by atoms with Gasteiger partial charge in [-0.2, -0.15) is 0 Å². The Morgan fingerprint density at radius 3 is 2.54 bits per heavy atom. The van der Waals surface area contributed by atoms with E-state index in [-0.39, 0.29) is 6.61 Å². The average molecular weight is 394 g/mol. The molecule has 144 valence electrons. The van der Waals surface area contributed by atoms with Gasteiger partial charge in [0.25, 0.3) is 0 Å². The summed E-state index contributed by atoms with van der Waals surface area (Å²) in [5.41, 5.74) is 3.03. The highest BCUT2D eigenvalue weighted by molar-refractivity contribution is 7.14. The molecule has 0 fully saturated rings. The predicted molar refractivity (Wildman–Crippen MR) is 116 cm³/mol. The van der Waals surface area contributed by atoms with Crippen LogP contribution in [0.1, 0.15) is 25.7 Å². The summed E-state index contributed by atoms with van der Waals surface area (Å²) in [6.07, 6.45) is 4.85. The molecule has 28 heavy (non-hydrogen) atoms. The van der Waals surface area contributed by atoms with Crippen LogP contribution in [0.5, 0.6) is 5.75 Å². The van der Waals surface area contributed by atoms with Crippen molar-refractivity contribution >= 4 is 35.5 Å². The van der Waals surface area contributed by atoms with Crippen LogP contribution in [0.25, 0.3) is 12.2 Å². The van der Waals surface area contributed by atoms with Crippen molar-refractivity contribution in [1.29, 1.82) is 0 Å². The van der Waals surface area contributed by atoms with E-state index in [0.29, 0.717) is 18.0 Å². The Morgan fingerprint density at radius 1 is 1.04 bits per heavy atom. The molecule has 0 bridgehead atoms. The summed E-state index contributed by atoms with van der Waals surface area (Å²) in [4.78, 5) is 14.6. The van der Waals surface area contributed by atoms with Crippen molar-refractivity contribution < 1.29 is 14.6 Å². The van der Waals surface area contributed by atoms with Gasteiger partial charge in [-0.15, -0.1) is 11.3 Å². The number of thiophene rings is 1. The van der Waals surface area contributed by atoms with E-state index in [2.05, 4.69) is 0 Å². The van der Waals surface area contributed by atoms with Gasteiger partial charge in [0.15, 0.2) is 6.29 Å². The Morgan fingerprint density at radius 2 is 1.82 bits per heavy atom. The molecule has 0 unspecified atom stereocenters. The molecule has 3 rings (SSSR count). The average Bonchev–Trinajstić information content (AvgIpc) is 3.20. The molecular weight excluding hydrogens is 370 g/mol. The summed E-state index contributed by atoms with van der Waals surface area (Å²) in [6.45, 7) is 1.12. The van der Waals surface area contributed by atoms with Crippen LogP contribution in [0.4, 0.5) is 5.69 Å². The second-order valence-corrected chi connectivity index (χ2v) is 7.48. The molecule has 0 amide bonds. The molecule has 0 radical (unpaired) electrons. The topological polar surface area (TPSA) is 49.8 Å². The van der Waals surface area contributed by atoms with Crippen molar-refractivity contribution in [2.45, 2.75) is 6.61 Å². The monoisotopic (exact) mass is 393 g/mol. The summed E-state index contributed by atoms with van der Waals surface area (Å²) >= 11 is 1.45. The second-order valence-electron chi connectivity index (χ2n) is 6.33. The normalized spacial score (nSPS) is 10.9. The Bertz CT molecular complexity index is 934. The minimum atomic E-state index is 0.0931. The highest BCUT2D eigenvalue weighted by Gasteiger charge is 2.07. The van der Waals surface area contributed by atoms with Gasteiger partial charge in [-0.25, -0.2) is 0 Å². The van der Waals surface area contributed by atoms with Crippen LogP contribution in [0.2, 0.25) is 0 Å². The van der Waals surface area contributed by atoms with Crippen molar-refractivity contribution in [1.82, 2.24) is 0 Å². The molecule has 5 heteroatoms. The van der Waals surface area contributed by atoms with Gasteiger partial charge in [-0.1, -0.05) is 30.3 Å². The molecule has 0 atom stereocenters. The standard InChI is InChI=1S/C23H23NO3S/c1-24(13-14-25)20-9-7-19(8-10-21-11-12-22(16-26)28-21)23(15-20)27-17-18-5-3-2-4-6-18/h2-12,15-16,25H,13-14,17H2,1H3/b10-8+. The molecule has 2 aromatic carbocycles. The zero-order chi connectivity index (χ0) is 19.8. The lowest BCUT2D eigenvalue weighted by Crippen LogP contribution is -2.21. The number of aliphatic hydroxyl groups excluding tert-OH is 1. The fourth-order valence-corrected chi connectivity index (χ4v) is 3.46. The van der Waals surface area contributed by atoms with Gasteiger partial charge in [0.2, 0.25) is 0 Å². The van der Waals surface area contributed by atoms with E-state index in [1.165, 1.54) is 11.3 Å². The number of carbonyl (C=O) groups excluding carboxylic acids is 1. The Hall–Kier alpha value is -2.89. The maximum Gasteiger partial charge on any atom is 0.160 e. The number of carbonyl (C=O) groups is 1. The number of aliphatic hydroxyl groups is 1. The van der Waals surface area contributed by atoms with Gasteiger partial charge in [0, 0.05) is 35.8 Å². The number of nitrogens with zero attached hydrogens (tertiary/aromatic N) is 1. The maximum atomic E-state index is 10.9. The molecule has 0 saturated heterocycles. The lowest BCUT2D eigenvalue weighted by atomic mass is 10.1. The number of rotatable bonds is 9. The first-order chi connectivity index (χ1) is 13.7. The molecule has 0 aliphatic heterocycles. The fraction of sp³-hybridized carbons (Fsp3) is 0.174. The highest BCUT2D eigenvalue weighted by Crippen LogP contribution is 2.28. The predicted octanol–water partition coefficient (Wildman–Crippen LogP) is 4.74. The number of ether oxygens (including phenoxy) is 1. The van der Waals surface area contributed by atoms with Crippen molar-refractivity contribution in [3.8, 4) is 5.75 Å². The van der Waals surface area contributed by atoms with E-state index in [1.807, 2.05) is 84.8 Å². The van der Waals surface area contributed by atoms with Gasteiger partial charge in [0.1, 0.15) is 12.4 Å². The minimum absolute atomic E-state index is 0.0931. The van der Waals surface area contributed by atoms with Crippen LogP contribution < -0.4 is 9.64 Å². The molecule has 3 aromatic rings. The van der Waals surface area contributed by atoms with Crippen molar-refractivity contribution in [3.05, 3.63) is 81.5 Å². The summed E-state index contributed by atoms with van der Waals surface area (Å²) in [5, 5.41) is 9.20. The zero-order valence-corrected chi connectivity index (χ0v) is 16.6. The van der Waals surface area contributed by atoms with Gasteiger partial charge in [-0.3, -0.25) is 4.79 Å². The van der Waals surface area contributed by atoms with Crippen molar-refractivity contribution in [2.24, 2.45) is 0 Å². The molecular formula is C23H23NO3S. The molecule has 0 spiro atoms. The van der Waals surface area contributed by atoms with E-state index >= 15 is 0 Å². The minimum Gasteiger partial charge on any atom is -0.488 e. The smallest absolute Gasteiger partial charge is 0.160 e. The van der Waals surface area contributed by atoms with Crippen LogP contribution >= 0.6 is 11.3 Å². The molecule has 4 nitrogen and oxygen atoms in total. The summed E-state index contributed by atoms with van der Waals surface area (Å²) in [5.74, 6) is 0.773. The SMILES string of the molecule is CN(CCO)c1ccc(/C=C/c2ccc(C=O)s2)c(OCc2ccccc2)c1. The first kappa shape index (κ1) is 19.9. The van der Waals surface area contributed by atoms with E-state index in [1.54, 1.807) is 0 Å². The lowest BCUT2D eigenvalue weighted by Gasteiger charge is -2.20.